The molecule has 6 heteroatoms. The lowest BCUT2D eigenvalue weighted by atomic mass is 10.1. The Morgan fingerprint density at radius 3 is 2.73 bits per heavy atom. The standard InChI is InChI=1S/C20H29N3O3/c1-13(2)22-8-7-16(12-22)21-20(25)15-10-19(24)23(11-15)17-9-14(3)5-6-18(17)26-4/h5-6,9,13,15-16H,7-8,10-12H2,1-4H3,(H,21,25). The van der Waals surface area contributed by atoms with Crippen LogP contribution in [0.15, 0.2) is 18.2 Å². The van der Waals surface area contributed by atoms with Gasteiger partial charge >= 0.3 is 0 Å². The van der Waals surface area contributed by atoms with Crippen LogP contribution in [0.5, 0.6) is 5.75 Å². The molecule has 6 nitrogen and oxygen atoms in total. The average Bonchev–Trinajstić information content (AvgIpc) is 3.21. The lowest BCUT2D eigenvalue weighted by molar-refractivity contribution is -0.126. The number of benzene rings is 1. The van der Waals surface area contributed by atoms with Crippen molar-refractivity contribution in [2.24, 2.45) is 5.92 Å². The van der Waals surface area contributed by atoms with E-state index in [2.05, 4.69) is 24.1 Å². The second kappa shape index (κ2) is 7.66. The van der Waals surface area contributed by atoms with Gasteiger partial charge in [-0.15, -0.1) is 0 Å². The molecule has 2 fully saturated rings. The lowest BCUT2D eigenvalue weighted by Gasteiger charge is -2.22. The largest absolute Gasteiger partial charge is 0.495 e. The number of hydrogen-bond donors (Lipinski definition) is 1. The van der Waals surface area contributed by atoms with Gasteiger partial charge in [0.15, 0.2) is 0 Å². The molecular formula is C20H29N3O3. The van der Waals surface area contributed by atoms with Gasteiger partial charge in [-0.25, -0.2) is 0 Å². The van der Waals surface area contributed by atoms with Crippen LogP contribution in [0.3, 0.4) is 0 Å². The van der Waals surface area contributed by atoms with Gasteiger partial charge in [-0.05, 0) is 44.9 Å². The molecule has 0 saturated carbocycles. The third-order valence-corrected chi connectivity index (χ3v) is 5.42. The summed E-state index contributed by atoms with van der Waals surface area (Å²) in [5.74, 6) is 0.321. The van der Waals surface area contributed by atoms with E-state index < -0.39 is 0 Å². The zero-order chi connectivity index (χ0) is 18.8. The number of carbonyl (C=O) groups excluding carboxylic acids is 2. The van der Waals surface area contributed by atoms with Crippen molar-refractivity contribution in [3.05, 3.63) is 23.8 Å². The van der Waals surface area contributed by atoms with Crippen molar-refractivity contribution in [1.29, 1.82) is 0 Å². The van der Waals surface area contributed by atoms with Gasteiger partial charge in [0.05, 0.1) is 18.7 Å². The molecule has 2 saturated heterocycles. The number of rotatable bonds is 5. The number of likely N-dealkylation sites (tertiary alicyclic amines) is 1. The average molecular weight is 359 g/mol. The van der Waals surface area contributed by atoms with Crippen LogP contribution in [0.1, 0.15) is 32.3 Å². The second-order valence-corrected chi connectivity index (χ2v) is 7.66. The van der Waals surface area contributed by atoms with Crippen LogP contribution >= 0.6 is 0 Å². The Hall–Kier alpha value is -2.08. The first kappa shape index (κ1) is 18.7. The van der Waals surface area contributed by atoms with E-state index in [4.69, 9.17) is 4.74 Å². The molecule has 142 valence electrons. The summed E-state index contributed by atoms with van der Waals surface area (Å²) in [7, 11) is 1.60. The molecule has 1 aromatic carbocycles. The van der Waals surface area contributed by atoms with Crippen LogP contribution in [0, 0.1) is 12.8 Å². The summed E-state index contributed by atoms with van der Waals surface area (Å²) in [6.45, 7) is 8.64. The van der Waals surface area contributed by atoms with Crippen LogP contribution in [0.4, 0.5) is 5.69 Å². The van der Waals surface area contributed by atoms with E-state index in [1.54, 1.807) is 12.0 Å². The molecule has 2 amide bonds. The van der Waals surface area contributed by atoms with Crippen molar-refractivity contribution in [2.45, 2.75) is 45.7 Å². The summed E-state index contributed by atoms with van der Waals surface area (Å²) in [5.41, 5.74) is 1.81. The van der Waals surface area contributed by atoms with Gasteiger partial charge in [-0.1, -0.05) is 6.07 Å². The minimum Gasteiger partial charge on any atom is -0.495 e. The molecule has 2 aliphatic heterocycles. The molecule has 2 atom stereocenters. The predicted octanol–water partition coefficient (Wildman–Crippen LogP) is 1.96. The first-order valence-electron chi connectivity index (χ1n) is 9.38. The zero-order valence-corrected chi connectivity index (χ0v) is 16.1. The Labute approximate surface area is 155 Å². The monoisotopic (exact) mass is 359 g/mol. The number of nitrogens with zero attached hydrogens (tertiary/aromatic N) is 2. The summed E-state index contributed by atoms with van der Waals surface area (Å²) >= 11 is 0. The summed E-state index contributed by atoms with van der Waals surface area (Å²) in [5, 5.41) is 3.15. The van der Waals surface area contributed by atoms with Gasteiger partial charge < -0.3 is 15.0 Å². The Balaban J connectivity index is 1.65. The fourth-order valence-electron chi connectivity index (χ4n) is 3.82. The molecule has 0 spiro atoms. The summed E-state index contributed by atoms with van der Waals surface area (Å²) in [6.07, 6.45) is 1.23. The van der Waals surface area contributed by atoms with Crippen LogP contribution in [-0.2, 0) is 9.59 Å². The zero-order valence-electron chi connectivity index (χ0n) is 16.1. The molecule has 3 rings (SSSR count). The first-order chi connectivity index (χ1) is 12.4. The quantitative estimate of drug-likeness (QED) is 0.873. The first-order valence-corrected chi connectivity index (χ1v) is 9.38. The number of hydrogen-bond acceptors (Lipinski definition) is 4. The number of anilines is 1. The number of ether oxygens (including phenoxy) is 1. The third-order valence-electron chi connectivity index (χ3n) is 5.42. The van der Waals surface area contributed by atoms with Gasteiger partial charge in [0.25, 0.3) is 0 Å². The molecule has 0 bridgehead atoms. The van der Waals surface area contributed by atoms with Gasteiger partial charge in [0.2, 0.25) is 11.8 Å². The Morgan fingerprint density at radius 1 is 1.31 bits per heavy atom. The Kier molecular flexibility index (Phi) is 5.51. The van der Waals surface area contributed by atoms with Crippen molar-refractivity contribution in [2.75, 3.05) is 31.6 Å². The Bertz CT molecular complexity index is 689. The maximum absolute atomic E-state index is 12.7. The molecular weight excluding hydrogens is 330 g/mol. The van der Waals surface area contributed by atoms with Gasteiger partial charge in [0, 0.05) is 38.1 Å². The smallest absolute Gasteiger partial charge is 0.227 e. The van der Waals surface area contributed by atoms with E-state index >= 15 is 0 Å². The number of methoxy groups -OCH3 is 1. The lowest BCUT2D eigenvalue weighted by Crippen LogP contribution is -2.42. The number of nitrogens with one attached hydrogen (secondary N) is 1. The highest BCUT2D eigenvalue weighted by molar-refractivity contribution is 6.01. The summed E-state index contributed by atoms with van der Waals surface area (Å²) < 4.78 is 5.40. The SMILES string of the molecule is COc1ccc(C)cc1N1CC(C(=O)NC2CCN(C(C)C)C2)CC1=O. The molecule has 1 aromatic rings. The molecule has 2 heterocycles. The highest BCUT2D eigenvalue weighted by Gasteiger charge is 2.37. The highest BCUT2D eigenvalue weighted by Crippen LogP contribution is 2.34. The molecule has 26 heavy (non-hydrogen) atoms. The minimum absolute atomic E-state index is 0.0110. The number of carbonyl (C=O) groups is 2. The van der Waals surface area contributed by atoms with Crippen LogP contribution in [-0.4, -0.2) is 55.5 Å². The summed E-state index contributed by atoms with van der Waals surface area (Å²) in [4.78, 5) is 29.3. The van der Waals surface area contributed by atoms with Crippen molar-refractivity contribution >= 4 is 17.5 Å². The number of aryl methyl sites for hydroxylation is 1. The maximum atomic E-state index is 12.7. The molecule has 2 unspecified atom stereocenters. The van der Waals surface area contributed by atoms with Crippen LogP contribution in [0.2, 0.25) is 0 Å². The minimum atomic E-state index is -0.305. The van der Waals surface area contributed by atoms with E-state index in [9.17, 15) is 9.59 Å². The molecule has 0 radical (unpaired) electrons. The molecule has 1 N–H and O–H groups in total. The van der Waals surface area contributed by atoms with Crippen molar-refractivity contribution in [1.82, 2.24) is 10.2 Å². The van der Waals surface area contributed by atoms with E-state index in [1.165, 1.54) is 0 Å². The topological polar surface area (TPSA) is 61.9 Å². The van der Waals surface area contributed by atoms with Gasteiger partial charge in [0.1, 0.15) is 5.75 Å². The van der Waals surface area contributed by atoms with E-state index in [-0.39, 0.29) is 30.2 Å². The number of amides is 2. The van der Waals surface area contributed by atoms with E-state index in [0.29, 0.717) is 18.3 Å². The molecule has 0 aliphatic carbocycles. The van der Waals surface area contributed by atoms with Gasteiger partial charge in [-0.3, -0.25) is 14.5 Å². The summed E-state index contributed by atoms with van der Waals surface area (Å²) in [6, 6.07) is 6.43. The molecule has 0 aromatic heterocycles. The highest BCUT2D eigenvalue weighted by atomic mass is 16.5. The van der Waals surface area contributed by atoms with Crippen LogP contribution < -0.4 is 15.0 Å². The fourth-order valence-corrected chi connectivity index (χ4v) is 3.82. The fraction of sp³-hybridized carbons (Fsp3) is 0.600. The normalized spacial score (nSPS) is 23.7. The van der Waals surface area contributed by atoms with Crippen molar-refractivity contribution in [3.63, 3.8) is 0 Å². The van der Waals surface area contributed by atoms with E-state index in [1.807, 2.05) is 25.1 Å². The van der Waals surface area contributed by atoms with Crippen LogP contribution in [0.25, 0.3) is 0 Å². The molecule has 2 aliphatic rings. The Morgan fingerprint density at radius 2 is 2.08 bits per heavy atom. The maximum Gasteiger partial charge on any atom is 0.227 e. The second-order valence-electron chi connectivity index (χ2n) is 7.66. The van der Waals surface area contributed by atoms with Crippen molar-refractivity contribution in [3.8, 4) is 5.75 Å². The van der Waals surface area contributed by atoms with E-state index in [0.717, 1.165) is 30.8 Å². The van der Waals surface area contributed by atoms with Crippen molar-refractivity contribution < 1.29 is 14.3 Å². The third kappa shape index (κ3) is 3.85. The van der Waals surface area contributed by atoms with Gasteiger partial charge in [-0.2, -0.15) is 0 Å². The predicted molar refractivity (Wildman–Crippen MR) is 101 cm³/mol.